The van der Waals surface area contributed by atoms with Crippen molar-refractivity contribution in [3.8, 4) is 0 Å². The van der Waals surface area contributed by atoms with Gasteiger partial charge in [0.15, 0.2) is 0 Å². The maximum atomic E-state index is 6.37. The molecular formula is C16H18Cl2N2. The lowest BCUT2D eigenvalue weighted by Gasteiger charge is -2.21. The van der Waals surface area contributed by atoms with E-state index in [0.717, 1.165) is 29.1 Å². The molecule has 0 radical (unpaired) electrons. The molecule has 1 aromatic heterocycles. The largest absolute Gasteiger partial charge is 0.306 e. The molecule has 1 heterocycles. The zero-order chi connectivity index (χ0) is 14.7. The Morgan fingerprint density at radius 1 is 1.15 bits per heavy atom. The minimum atomic E-state index is 0.0200. The molecule has 0 amide bonds. The summed E-state index contributed by atoms with van der Waals surface area (Å²) in [7, 11) is 0. The maximum Gasteiger partial charge on any atom is 0.0643 e. The molecule has 1 unspecified atom stereocenters. The first-order valence-corrected chi connectivity index (χ1v) is 7.41. The summed E-state index contributed by atoms with van der Waals surface area (Å²) >= 11 is 12.5. The van der Waals surface area contributed by atoms with Crippen LogP contribution in [0.4, 0.5) is 0 Å². The van der Waals surface area contributed by atoms with Crippen molar-refractivity contribution in [3.05, 3.63) is 62.9 Å². The van der Waals surface area contributed by atoms with Crippen LogP contribution in [-0.2, 0) is 0 Å². The number of hydrogen-bond donors (Lipinski definition) is 1. The van der Waals surface area contributed by atoms with E-state index in [1.54, 1.807) is 6.07 Å². The van der Waals surface area contributed by atoms with Crippen LogP contribution in [0.1, 0.15) is 35.5 Å². The van der Waals surface area contributed by atoms with E-state index < -0.39 is 0 Å². The molecule has 4 heteroatoms. The van der Waals surface area contributed by atoms with Gasteiger partial charge in [-0.1, -0.05) is 42.3 Å². The van der Waals surface area contributed by atoms with E-state index in [0.29, 0.717) is 10.0 Å². The van der Waals surface area contributed by atoms with Crippen molar-refractivity contribution in [3.63, 3.8) is 0 Å². The summed E-state index contributed by atoms with van der Waals surface area (Å²) in [4.78, 5) is 4.42. The van der Waals surface area contributed by atoms with Crippen molar-refractivity contribution in [2.45, 2.75) is 26.8 Å². The smallest absolute Gasteiger partial charge is 0.0643 e. The second kappa shape index (κ2) is 6.57. The maximum absolute atomic E-state index is 6.37. The van der Waals surface area contributed by atoms with E-state index in [1.165, 1.54) is 0 Å². The first-order valence-electron chi connectivity index (χ1n) is 6.65. The van der Waals surface area contributed by atoms with Gasteiger partial charge in [0, 0.05) is 11.4 Å². The van der Waals surface area contributed by atoms with Crippen LogP contribution < -0.4 is 5.32 Å². The van der Waals surface area contributed by atoms with E-state index in [9.17, 15) is 0 Å². The van der Waals surface area contributed by atoms with Gasteiger partial charge in [0.2, 0.25) is 0 Å². The number of rotatable bonds is 4. The Morgan fingerprint density at radius 2 is 1.80 bits per heavy atom. The van der Waals surface area contributed by atoms with Gasteiger partial charge in [-0.3, -0.25) is 4.98 Å². The lowest BCUT2D eigenvalue weighted by Crippen LogP contribution is -2.22. The lowest BCUT2D eigenvalue weighted by molar-refractivity contribution is 0.629. The van der Waals surface area contributed by atoms with Gasteiger partial charge in [-0.2, -0.15) is 0 Å². The number of pyridine rings is 1. The molecule has 0 spiro atoms. The van der Waals surface area contributed by atoms with Crippen molar-refractivity contribution in [1.29, 1.82) is 0 Å². The van der Waals surface area contributed by atoms with Crippen LogP contribution in [0.15, 0.2) is 30.3 Å². The Bertz CT molecular complexity index is 591. The molecule has 2 rings (SSSR count). The monoisotopic (exact) mass is 308 g/mol. The normalized spacial score (nSPS) is 12.4. The van der Waals surface area contributed by atoms with Crippen molar-refractivity contribution in [1.82, 2.24) is 10.3 Å². The third-order valence-electron chi connectivity index (χ3n) is 3.14. The minimum absolute atomic E-state index is 0.0200. The first kappa shape index (κ1) is 15.3. The van der Waals surface area contributed by atoms with E-state index in [1.807, 2.05) is 26.0 Å². The van der Waals surface area contributed by atoms with E-state index in [-0.39, 0.29) is 6.04 Å². The van der Waals surface area contributed by atoms with E-state index >= 15 is 0 Å². The summed E-state index contributed by atoms with van der Waals surface area (Å²) in [6.07, 6.45) is 0. The van der Waals surface area contributed by atoms with Gasteiger partial charge in [0.25, 0.3) is 0 Å². The Hall–Kier alpha value is -1.09. The highest BCUT2D eigenvalue weighted by atomic mass is 35.5. The molecule has 2 nitrogen and oxygen atoms in total. The molecule has 20 heavy (non-hydrogen) atoms. The molecule has 1 N–H and O–H groups in total. The van der Waals surface area contributed by atoms with Crippen LogP contribution in [-0.4, -0.2) is 11.5 Å². The highest BCUT2D eigenvalue weighted by molar-refractivity contribution is 6.42. The standard InChI is InChI=1S/C16H18Cl2N2/c1-4-19-16(12-8-10(2)20-11(3)9-12)13-6-5-7-14(17)15(13)18/h5-9,16,19H,4H2,1-3H3. The molecule has 2 aromatic rings. The fraction of sp³-hybridized carbons (Fsp3) is 0.312. The summed E-state index contributed by atoms with van der Waals surface area (Å²) in [5.41, 5.74) is 4.15. The molecule has 0 saturated heterocycles. The Kier molecular flexibility index (Phi) is 5.03. The Morgan fingerprint density at radius 3 is 2.40 bits per heavy atom. The van der Waals surface area contributed by atoms with Gasteiger partial charge < -0.3 is 5.32 Å². The molecule has 1 aromatic carbocycles. The van der Waals surface area contributed by atoms with Gasteiger partial charge >= 0.3 is 0 Å². The highest BCUT2D eigenvalue weighted by Gasteiger charge is 2.18. The molecule has 106 valence electrons. The van der Waals surface area contributed by atoms with Gasteiger partial charge in [-0.05, 0) is 49.7 Å². The number of halogens is 2. The number of nitrogens with one attached hydrogen (secondary N) is 1. The van der Waals surface area contributed by atoms with Crippen LogP contribution >= 0.6 is 23.2 Å². The summed E-state index contributed by atoms with van der Waals surface area (Å²) in [5, 5.41) is 4.65. The predicted molar refractivity (Wildman–Crippen MR) is 85.7 cm³/mol. The molecule has 0 saturated carbocycles. The number of benzene rings is 1. The molecule has 0 fully saturated rings. The van der Waals surface area contributed by atoms with Gasteiger partial charge in [-0.15, -0.1) is 0 Å². The van der Waals surface area contributed by atoms with Crippen molar-refractivity contribution in [2.75, 3.05) is 6.54 Å². The molecule has 0 aliphatic carbocycles. The fourth-order valence-corrected chi connectivity index (χ4v) is 2.81. The topological polar surface area (TPSA) is 24.9 Å². The summed E-state index contributed by atoms with van der Waals surface area (Å²) in [5.74, 6) is 0. The zero-order valence-electron chi connectivity index (χ0n) is 11.9. The second-order valence-electron chi connectivity index (χ2n) is 4.82. The third kappa shape index (κ3) is 3.32. The van der Waals surface area contributed by atoms with Crippen LogP contribution in [0.5, 0.6) is 0 Å². The highest BCUT2D eigenvalue weighted by Crippen LogP contribution is 2.33. The Balaban J connectivity index is 2.53. The second-order valence-corrected chi connectivity index (χ2v) is 5.60. The van der Waals surface area contributed by atoms with E-state index in [2.05, 4.69) is 29.4 Å². The lowest BCUT2D eigenvalue weighted by atomic mass is 9.98. The number of hydrogen-bond acceptors (Lipinski definition) is 2. The average Bonchev–Trinajstić information content (AvgIpc) is 2.38. The summed E-state index contributed by atoms with van der Waals surface area (Å²) in [6, 6.07) is 9.92. The fourth-order valence-electron chi connectivity index (χ4n) is 2.39. The minimum Gasteiger partial charge on any atom is -0.306 e. The Labute approximate surface area is 130 Å². The number of nitrogens with zero attached hydrogens (tertiary/aromatic N) is 1. The van der Waals surface area contributed by atoms with Crippen LogP contribution in [0.25, 0.3) is 0 Å². The predicted octanol–water partition coefficient (Wildman–Crippen LogP) is 4.70. The number of aryl methyl sites for hydroxylation is 2. The van der Waals surface area contributed by atoms with Crippen molar-refractivity contribution in [2.24, 2.45) is 0 Å². The van der Waals surface area contributed by atoms with Gasteiger partial charge in [0.1, 0.15) is 0 Å². The molecule has 1 atom stereocenters. The molecule has 0 aliphatic rings. The van der Waals surface area contributed by atoms with Crippen LogP contribution in [0.3, 0.4) is 0 Å². The molecular weight excluding hydrogens is 291 g/mol. The van der Waals surface area contributed by atoms with Crippen molar-refractivity contribution < 1.29 is 0 Å². The van der Waals surface area contributed by atoms with Crippen molar-refractivity contribution >= 4 is 23.2 Å². The molecule has 0 bridgehead atoms. The summed E-state index contributed by atoms with van der Waals surface area (Å²) in [6.45, 7) is 6.92. The zero-order valence-corrected chi connectivity index (χ0v) is 13.4. The SMILES string of the molecule is CCNC(c1cc(C)nc(C)c1)c1cccc(Cl)c1Cl. The average molecular weight is 309 g/mol. The summed E-state index contributed by atoms with van der Waals surface area (Å²) < 4.78 is 0. The van der Waals surface area contributed by atoms with Crippen LogP contribution in [0.2, 0.25) is 10.0 Å². The van der Waals surface area contributed by atoms with Gasteiger partial charge in [0.05, 0.1) is 16.1 Å². The van der Waals surface area contributed by atoms with E-state index in [4.69, 9.17) is 23.2 Å². The first-order chi connectivity index (χ1) is 9.52. The van der Waals surface area contributed by atoms with Crippen LogP contribution in [0, 0.1) is 13.8 Å². The molecule has 0 aliphatic heterocycles. The third-order valence-corrected chi connectivity index (χ3v) is 3.97. The number of aromatic nitrogens is 1. The van der Waals surface area contributed by atoms with Gasteiger partial charge in [-0.25, -0.2) is 0 Å². The quantitative estimate of drug-likeness (QED) is 0.885.